The first-order valence-electron chi connectivity index (χ1n) is 5.56. The van der Waals surface area contributed by atoms with Gasteiger partial charge in [-0.25, -0.2) is 13.2 Å². The van der Waals surface area contributed by atoms with Crippen LogP contribution in [-0.2, 0) is 6.54 Å². The Balaban J connectivity index is 2.44. The molecule has 0 aliphatic rings. The number of benzene rings is 1. The van der Waals surface area contributed by atoms with Gasteiger partial charge >= 0.3 is 0 Å². The summed E-state index contributed by atoms with van der Waals surface area (Å²) in [6.07, 6.45) is 0.806. The highest BCUT2D eigenvalue weighted by Gasteiger charge is 2.09. The zero-order valence-corrected chi connectivity index (χ0v) is 9.64. The minimum atomic E-state index is -1.19. The summed E-state index contributed by atoms with van der Waals surface area (Å²) in [6.45, 7) is 2.46. The average Bonchev–Trinajstić information content (AvgIpc) is 2.30. The molecule has 0 fully saturated rings. The summed E-state index contributed by atoms with van der Waals surface area (Å²) >= 11 is 0. The van der Waals surface area contributed by atoms with E-state index in [2.05, 4.69) is 5.32 Å². The molecule has 2 nitrogen and oxygen atoms in total. The number of hydrogen-bond donors (Lipinski definition) is 2. The molecule has 0 bridgehead atoms. The quantitative estimate of drug-likeness (QED) is 0.597. The van der Waals surface area contributed by atoms with Crippen molar-refractivity contribution >= 4 is 0 Å². The fourth-order valence-corrected chi connectivity index (χ4v) is 1.40. The van der Waals surface area contributed by atoms with E-state index in [-0.39, 0.29) is 12.1 Å². The van der Waals surface area contributed by atoms with Gasteiger partial charge in [-0.05, 0) is 25.5 Å². The molecule has 1 unspecified atom stereocenters. The van der Waals surface area contributed by atoms with Gasteiger partial charge in [-0.1, -0.05) is 6.92 Å². The number of halogens is 3. The molecule has 1 aromatic carbocycles. The molecule has 1 atom stereocenters. The Morgan fingerprint density at radius 1 is 1.18 bits per heavy atom. The number of nitrogens with one attached hydrogen (secondary N) is 1. The predicted molar refractivity (Wildman–Crippen MR) is 58.9 cm³/mol. The Morgan fingerprint density at radius 3 is 2.47 bits per heavy atom. The normalized spacial score (nSPS) is 12.8. The van der Waals surface area contributed by atoms with Gasteiger partial charge in [0.2, 0.25) is 0 Å². The Morgan fingerprint density at radius 2 is 1.82 bits per heavy atom. The predicted octanol–water partition coefficient (Wildman–Crippen LogP) is 2.35. The first-order valence-corrected chi connectivity index (χ1v) is 5.56. The van der Waals surface area contributed by atoms with Crippen LogP contribution in [0.1, 0.15) is 25.3 Å². The van der Waals surface area contributed by atoms with E-state index in [9.17, 15) is 18.3 Å². The van der Waals surface area contributed by atoms with Gasteiger partial charge in [-0.2, -0.15) is 0 Å². The molecule has 0 aliphatic carbocycles. The number of aliphatic hydroxyl groups excluding tert-OH is 1. The van der Waals surface area contributed by atoms with E-state index in [4.69, 9.17) is 0 Å². The maximum Gasteiger partial charge on any atom is 0.161 e. The zero-order valence-electron chi connectivity index (χ0n) is 9.64. The molecular weight excluding hydrogens is 231 g/mol. The van der Waals surface area contributed by atoms with E-state index in [0.717, 1.165) is 6.07 Å². The maximum absolute atomic E-state index is 13.2. The van der Waals surface area contributed by atoms with E-state index < -0.39 is 23.6 Å². The van der Waals surface area contributed by atoms with E-state index in [1.807, 2.05) is 6.92 Å². The second-order valence-electron chi connectivity index (χ2n) is 3.89. The molecule has 2 N–H and O–H groups in total. The minimum absolute atomic E-state index is 0.0786. The van der Waals surface area contributed by atoms with E-state index in [1.54, 1.807) is 0 Å². The molecule has 0 aliphatic heterocycles. The van der Waals surface area contributed by atoms with Crippen molar-refractivity contribution in [3.05, 3.63) is 35.1 Å². The second-order valence-corrected chi connectivity index (χ2v) is 3.89. The highest BCUT2D eigenvalue weighted by atomic mass is 19.2. The molecule has 1 aromatic rings. The van der Waals surface area contributed by atoms with Crippen molar-refractivity contribution in [3.63, 3.8) is 0 Å². The largest absolute Gasteiger partial charge is 0.393 e. The molecule has 0 spiro atoms. The standard InChI is InChI=1S/C12H16F3NO/c1-2-9(17)3-4-16-7-8-5-11(14)12(15)6-10(8)13/h5-6,9,16-17H,2-4,7H2,1H3. The van der Waals surface area contributed by atoms with E-state index in [1.165, 1.54) is 0 Å². The van der Waals surface area contributed by atoms with Crippen molar-refractivity contribution in [2.24, 2.45) is 0 Å². The fourth-order valence-electron chi connectivity index (χ4n) is 1.40. The maximum atomic E-state index is 13.2. The monoisotopic (exact) mass is 247 g/mol. The van der Waals surface area contributed by atoms with Crippen LogP contribution in [0.2, 0.25) is 0 Å². The molecule has 0 saturated carbocycles. The summed E-state index contributed by atoms with van der Waals surface area (Å²) in [5.41, 5.74) is 0.0786. The first-order chi connectivity index (χ1) is 8.04. The van der Waals surface area contributed by atoms with E-state index >= 15 is 0 Å². The van der Waals surface area contributed by atoms with Gasteiger partial charge in [0, 0.05) is 18.2 Å². The molecule has 96 valence electrons. The summed E-state index contributed by atoms with van der Waals surface area (Å²) in [7, 11) is 0. The summed E-state index contributed by atoms with van der Waals surface area (Å²) in [5, 5.41) is 12.1. The Hall–Kier alpha value is -1.07. The Kier molecular flexibility index (Phi) is 5.44. The zero-order chi connectivity index (χ0) is 12.8. The van der Waals surface area contributed by atoms with Gasteiger partial charge in [-0.3, -0.25) is 0 Å². The number of aliphatic hydroxyl groups is 1. The van der Waals surface area contributed by atoms with Crippen LogP contribution in [0.3, 0.4) is 0 Å². The van der Waals surface area contributed by atoms with Crippen LogP contribution in [-0.4, -0.2) is 17.8 Å². The molecule has 0 heterocycles. The van der Waals surface area contributed by atoms with Crippen LogP contribution in [0, 0.1) is 17.5 Å². The fraction of sp³-hybridized carbons (Fsp3) is 0.500. The van der Waals surface area contributed by atoms with Crippen molar-refractivity contribution in [2.75, 3.05) is 6.54 Å². The van der Waals surface area contributed by atoms with Gasteiger partial charge in [0.1, 0.15) is 5.82 Å². The average molecular weight is 247 g/mol. The van der Waals surface area contributed by atoms with Crippen molar-refractivity contribution in [1.29, 1.82) is 0 Å². The van der Waals surface area contributed by atoms with Crippen LogP contribution in [0.15, 0.2) is 12.1 Å². The molecule has 0 radical (unpaired) electrons. The highest BCUT2D eigenvalue weighted by molar-refractivity contribution is 5.19. The van der Waals surface area contributed by atoms with Gasteiger partial charge in [0.15, 0.2) is 11.6 Å². The smallest absolute Gasteiger partial charge is 0.161 e. The van der Waals surface area contributed by atoms with Gasteiger partial charge in [0.25, 0.3) is 0 Å². The highest BCUT2D eigenvalue weighted by Crippen LogP contribution is 2.13. The molecule has 17 heavy (non-hydrogen) atoms. The third-order valence-electron chi connectivity index (χ3n) is 2.53. The summed E-state index contributed by atoms with van der Waals surface area (Å²) in [5.74, 6) is -3.02. The van der Waals surface area contributed by atoms with Crippen LogP contribution in [0.25, 0.3) is 0 Å². The van der Waals surface area contributed by atoms with Gasteiger partial charge in [-0.15, -0.1) is 0 Å². The summed E-state index contributed by atoms with van der Waals surface area (Å²) in [6, 6.07) is 1.38. The van der Waals surface area contributed by atoms with Crippen molar-refractivity contribution in [1.82, 2.24) is 5.32 Å². The summed E-state index contributed by atoms with van der Waals surface area (Å²) in [4.78, 5) is 0. The van der Waals surface area contributed by atoms with Crippen molar-refractivity contribution in [2.45, 2.75) is 32.4 Å². The molecule has 0 aromatic heterocycles. The molecule has 5 heteroatoms. The van der Waals surface area contributed by atoms with Crippen LogP contribution < -0.4 is 5.32 Å². The Labute approximate surface area is 98.5 Å². The first kappa shape index (κ1) is 14.0. The third kappa shape index (κ3) is 4.36. The lowest BCUT2D eigenvalue weighted by molar-refractivity contribution is 0.159. The third-order valence-corrected chi connectivity index (χ3v) is 2.53. The second kappa shape index (κ2) is 6.61. The SMILES string of the molecule is CCC(O)CCNCc1cc(F)c(F)cc1F. The Bertz CT molecular complexity index is 371. The lowest BCUT2D eigenvalue weighted by Gasteiger charge is -2.09. The number of hydrogen-bond acceptors (Lipinski definition) is 2. The van der Waals surface area contributed by atoms with Crippen LogP contribution in [0.5, 0.6) is 0 Å². The summed E-state index contributed by atoms with van der Waals surface area (Å²) < 4.78 is 38.7. The lowest BCUT2D eigenvalue weighted by atomic mass is 10.2. The lowest BCUT2D eigenvalue weighted by Crippen LogP contribution is -2.20. The van der Waals surface area contributed by atoms with Crippen molar-refractivity contribution < 1.29 is 18.3 Å². The molecule has 1 rings (SSSR count). The molecule has 0 amide bonds. The van der Waals surface area contributed by atoms with Crippen LogP contribution in [0.4, 0.5) is 13.2 Å². The number of rotatable bonds is 6. The topological polar surface area (TPSA) is 32.3 Å². The van der Waals surface area contributed by atoms with Crippen LogP contribution >= 0.6 is 0 Å². The molecular formula is C12H16F3NO. The van der Waals surface area contributed by atoms with Gasteiger partial charge < -0.3 is 10.4 Å². The van der Waals surface area contributed by atoms with Gasteiger partial charge in [0.05, 0.1) is 6.10 Å². The van der Waals surface area contributed by atoms with E-state index in [0.29, 0.717) is 25.5 Å². The molecule has 0 saturated heterocycles. The minimum Gasteiger partial charge on any atom is -0.393 e. The van der Waals surface area contributed by atoms with Crippen molar-refractivity contribution in [3.8, 4) is 0 Å².